The van der Waals surface area contributed by atoms with Crippen molar-refractivity contribution in [2.24, 2.45) is 0 Å². The second-order valence-electron chi connectivity index (χ2n) is 9.51. The van der Waals surface area contributed by atoms with Crippen LogP contribution in [0.25, 0.3) is 0 Å². The van der Waals surface area contributed by atoms with E-state index in [-0.39, 0.29) is 7.43 Å². The van der Waals surface area contributed by atoms with E-state index in [4.69, 9.17) is 0 Å². The third kappa shape index (κ3) is 8.31. The molecule has 0 radical (unpaired) electrons. The molecule has 0 unspecified atom stereocenters. The Kier molecular flexibility index (Phi) is 10.1. The summed E-state index contributed by atoms with van der Waals surface area (Å²) in [5, 5.41) is 0. The van der Waals surface area contributed by atoms with Gasteiger partial charge >= 0.3 is 0 Å². The standard InChI is InChI=1S/C11H24N2.C9H19N.CH4/c1-10(2)12-6-8-13(9-7-12)11(3,4)5;1-9(2,3)10-7-5-4-6-8-10;/h10H,6-9H2,1-5H3;4-8H2,1-3H3;1H4. The van der Waals surface area contributed by atoms with E-state index in [0.29, 0.717) is 17.1 Å². The molecule has 0 saturated carbocycles. The number of hydrogen-bond donors (Lipinski definition) is 0. The zero-order valence-corrected chi connectivity index (χ0v) is 17.3. The molecule has 0 aliphatic carbocycles. The van der Waals surface area contributed by atoms with Crippen molar-refractivity contribution in [2.75, 3.05) is 39.3 Å². The van der Waals surface area contributed by atoms with Gasteiger partial charge in [0.25, 0.3) is 0 Å². The fourth-order valence-corrected chi connectivity index (χ4v) is 3.47. The van der Waals surface area contributed by atoms with Gasteiger partial charge in [0, 0.05) is 43.3 Å². The van der Waals surface area contributed by atoms with Crippen LogP contribution in [0.5, 0.6) is 0 Å². The monoisotopic (exact) mass is 341 g/mol. The molecule has 0 bridgehead atoms. The molecular formula is C21H47N3. The molecule has 2 aliphatic rings. The minimum Gasteiger partial charge on any atom is -0.298 e. The molecule has 0 aromatic rings. The Morgan fingerprint density at radius 2 is 0.958 bits per heavy atom. The summed E-state index contributed by atoms with van der Waals surface area (Å²) in [6, 6.07) is 0.710. The van der Waals surface area contributed by atoms with Gasteiger partial charge in [0.2, 0.25) is 0 Å². The van der Waals surface area contributed by atoms with E-state index in [2.05, 4.69) is 70.1 Å². The maximum absolute atomic E-state index is 2.58. The van der Waals surface area contributed by atoms with Gasteiger partial charge < -0.3 is 0 Å². The smallest absolute Gasteiger partial charge is 0.0126 e. The van der Waals surface area contributed by atoms with Gasteiger partial charge in [0.1, 0.15) is 0 Å². The third-order valence-electron chi connectivity index (χ3n) is 5.30. The summed E-state index contributed by atoms with van der Waals surface area (Å²) < 4.78 is 0. The van der Waals surface area contributed by atoms with Crippen LogP contribution >= 0.6 is 0 Å². The van der Waals surface area contributed by atoms with E-state index in [9.17, 15) is 0 Å². The normalized spacial score (nSPS) is 21.9. The zero-order chi connectivity index (χ0) is 17.7. The lowest BCUT2D eigenvalue weighted by Crippen LogP contribution is -2.54. The highest BCUT2D eigenvalue weighted by atomic mass is 15.3. The van der Waals surface area contributed by atoms with Crippen molar-refractivity contribution in [1.82, 2.24) is 14.7 Å². The molecular weight excluding hydrogens is 294 g/mol. The van der Waals surface area contributed by atoms with Crippen LogP contribution in [-0.4, -0.2) is 71.1 Å². The molecule has 2 heterocycles. The first-order valence-corrected chi connectivity index (χ1v) is 9.76. The van der Waals surface area contributed by atoms with Crippen LogP contribution in [0.4, 0.5) is 0 Å². The van der Waals surface area contributed by atoms with Gasteiger partial charge in [-0.15, -0.1) is 0 Å². The average molecular weight is 342 g/mol. The van der Waals surface area contributed by atoms with Crippen LogP contribution in [0, 0.1) is 0 Å². The summed E-state index contributed by atoms with van der Waals surface area (Å²) >= 11 is 0. The molecule has 0 aromatic heterocycles. The lowest BCUT2D eigenvalue weighted by Gasteiger charge is -2.43. The van der Waals surface area contributed by atoms with Crippen LogP contribution in [0.1, 0.15) is 82.1 Å². The van der Waals surface area contributed by atoms with Gasteiger partial charge in [-0.2, -0.15) is 0 Å². The minimum absolute atomic E-state index is 0. The van der Waals surface area contributed by atoms with Gasteiger partial charge in [0.05, 0.1) is 0 Å². The Morgan fingerprint density at radius 1 is 0.583 bits per heavy atom. The van der Waals surface area contributed by atoms with E-state index in [1.165, 1.54) is 58.5 Å². The molecule has 2 fully saturated rings. The van der Waals surface area contributed by atoms with Crippen molar-refractivity contribution in [3.8, 4) is 0 Å². The molecule has 2 aliphatic heterocycles. The fraction of sp³-hybridized carbons (Fsp3) is 1.00. The maximum Gasteiger partial charge on any atom is 0.0126 e. The van der Waals surface area contributed by atoms with Gasteiger partial charge in [0.15, 0.2) is 0 Å². The number of piperidine rings is 1. The van der Waals surface area contributed by atoms with Crippen molar-refractivity contribution in [3.63, 3.8) is 0 Å². The Morgan fingerprint density at radius 3 is 1.25 bits per heavy atom. The van der Waals surface area contributed by atoms with Gasteiger partial charge in [-0.25, -0.2) is 0 Å². The summed E-state index contributed by atoms with van der Waals surface area (Å²) in [4.78, 5) is 7.71. The van der Waals surface area contributed by atoms with E-state index in [0.717, 1.165) is 0 Å². The molecule has 0 N–H and O–H groups in total. The van der Waals surface area contributed by atoms with Crippen LogP contribution in [0.15, 0.2) is 0 Å². The molecule has 2 rings (SSSR count). The fourth-order valence-electron chi connectivity index (χ4n) is 3.47. The van der Waals surface area contributed by atoms with Crippen molar-refractivity contribution in [1.29, 1.82) is 0 Å². The van der Waals surface area contributed by atoms with Crippen molar-refractivity contribution in [2.45, 2.75) is 99.2 Å². The lowest BCUT2D eigenvalue weighted by molar-refractivity contribution is 0.0491. The first-order valence-electron chi connectivity index (χ1n) is 9.76. The Bertz CT molecular complexity index is 311. The second-order valence-corrected chi connectivity index (χ2v) is 9.51. The van der Waals surface area contributed by atoms with E-state index in [1.807, 2.05) is 0 Å². The van der Waals surface area contributed by atoms with Gasteiger partial charge in [-0.3, -0.25) is 14.7 Å². The van der Waals surface area contributed by atoms with Crippen molar-refractivity contribution >= 4 is 0 Å². The first-order chi connectivity index (χ1) is 10.5. The highest BCUT2D eigenvalue weighted by Gasteiger charge is 2.26. The number of hydrogen-bond acceptors (Lipinski definition) is 3. The predicted octanol–water partition coefficient (Wildman–Crippen LogP) is 4.72. The second kappa shape index (κ2) is 10.1. The van der Waals surface area contributed by atoms with Gasteiger partial charge in [-0.05, 0) is 81.3 Å². The minimum atomic E-state index is 0. The highest BCUT2D eigenvalue weighted by Crippen LogP contribution is 2.19. The first kappa shape index (κ1) is 23.9. The number of piperazine rings is 1. The number of nitrogens with zero attached hydrogens (tertiary/aromatic N) is 3. The Balaban J connectivity index is 0.000000436. The molecule has 0 amide bonds. The highest BCUT2D eigenvalue weighted by molar-refractivity contribution is 4.82. The molecule has 146 valence electrons. The molecule has 2 saturated heterocycles. The molecule has 3 heteroatoms. The quantitative estimate of drug-likeness (QED) is 0.683. The number of rotatable bonds is 1. The summed E-state index contributed by atoms with van der Waals surface area (Å²) in [5.74, 6) is 0. The maximum atomic E-state index is 2.58. The van der Waals surface area contributed by atoms with Crippen LogP contribution < -0.4 is 0 Å². The summed E-state index contributed by atoms with van der Waals surface area (Å²) in [6.45, 7) is 25.9. The number of likely N-dealkylation sites (tertiary alicyclic amines) is 1. The predicted molar refractivity (Wildman–Crippen MR) is 110 cm³/mol. The Labute approximate surface area is 153 Å². The van der Waals surface area contributed by atoms with E-state index >= 15 is 0 Å². The van der Waals surface area contributed by atoms with Gasteiger partial charge in [-0.1, -0.05) is 13.8 Å². The van der Waals surface area contributed by atoms with E-state index < -0.39 is 0 Å². The Hall–Kier alpha value is -0.120. The summed E-state index contributed by atoms with van der Waals surface area (Å²) in [6.07, 6.45) is 4.24. The molecule has 0 atom stereocenters. The van der Waals surface area contributed by atoms with E-state index in [1.54, 1.807) is 0 Å². The van der Waals surface area contributed by atoms with Crippen molar-refractivity contribution in [3.05, 3.63) is 0 Å². The van der Waals surface area contributed by atoms with Crippen LogP contribution in [0.3, 0.4) is 0 Å². The largest absolute Gasteiger partial charge is 0.298 e. The molecule has 0 aromatic carbocycles. The SMILES string of the molecule is C.CC(C)(C)N1CCCCC1.CC(C)N1CCN(C(C)(C)C)CC1. The average Bonchev–Trinajstić information content (AvgIpc) is 2.47. The van der Waals surface area contributed by atoms with Crippen LogP contribution in [0.2, 0.25) is 0 Å². The van der Waals surface area contributed by atoms with Crippen LogP contribution in [-0.2, 0) is 0 Å². The summed E-state index contributed by atoms with van der Waals surface area (Å²) in [7, 11) is 0. The zero-order valence-electron chi connectivity index (χ0n) is 17.3. The third-order valence-corrected chi connectivity index (χ3v) is 5.30. The summed E-state index contributed by atoms with van der Waals surface area (Å²) in [5.41, 5.74) is 0.753. The molecule has 0 spiro atoms. The molecule has 24 heavy (non-hydrogen) atoms. The van der Waals surface area contributed by atoms with Crippen molar-refractivity contribution < 1.29 is 0 Å². The molecule has 3 nitrogen and oxygen atoms in total. The topological polar surface area (TPSA) is 9.72 Å². The lowest BCUT2D eigenvalue weighted by atomic mass is 10.0.